The van der Waals surface area contributed by atoms with Crippen molar-refractivity contribution in [2.24, 2.45) is 0 Å². The molecule has 34 heavy (non-hydrogen) atoms. The van der Waals surface area contributed by atoms with Crippen molar-refractivity contribution in [3.63, 3.8) is 0 Å². The highest BCUT2D eigenvalue weighted by Gasteiger charge is 2.51. The van der Waals surface area contributed by atoms with Gasteiger partial charge >= 0.3 is 0 Å². The van der Waals surface area contributed by atoms with E-state index in [1.165, 1.54) is 50.0 Å². The number of hydrogen-bond acceptors (Lipinski definition) is 0. The molecular formula is C32H26N2+2. The van der Waals surface area contributed by atoms with E-state index in [9.17, 15) is 0 Å². The SMILES string of the molecule is C=CC1C(C2c3ccccc3-c3ccc(C)c[n+]32)c2ccccc2-c2c3ccccc3cc[n+]21. The van der Waals surface area contributed by atoms with Gasteiger partial charge in [-0.05, 0) is 48.2 Å². The number of allylic oxidation sites excluding steroid dienone is 1. The lowest BCUT2D eigenvalue weighted by Crippen LogP contribution is -2.52. The number of pyridine rings is 2. The first-order valence-electron chi connectivity index (χ1n) is 12.0. The van der Waals surface area contributed by atoms with Crippen LogP contribution in [0.5, 0.6) is 0 Å². The number of benzene rings is 3. The maximum atomic E-state index is 4.36. The van der Waals surface area contributed by atoms with E-state index in [0.29, 0.717) is 0 Å². The zero-order valence-electron chi connectivity index (χ0n) is 19.2. The Hall–Kier alpha value is -4.04. The minimum absolute atomic E-state index is 0.131. The zero-order valence-corrected chi connectivity index (χ0v) is 19.2. The Morgan fingerprint density at radius 3 is 2.32 bits per heavy atom. The van der Waals surface area contributed by atoms with Gasteiger partial charge in [-0.3, -0.25) is 0 Å². The first-order chi connectivity index (χ1) is 16.8. The predicted molar refractivity (Wildman–Crippen MR) is 137 cm³/mol. The monoisotopic (exact) mass is 438 g/mol. The first-order valence-corrected chi connectivity index (χ1v) is 12.0. The van der Waals surface area contributed by atoms with Crippen LogP contribution in [0.1, 0.15) is 34.7 Å². The van der Waals surface area contributed by atoms with Crippen molar-refractivity contribution in [1.82, 2.24) is 0 Å². The number of aryl methyl sites for hydroxylation is 1. The summed E-state index contributed by atoms with van der Waals surface area (Å²) < 4.78 is 4.96. The third-order valence-corrected chi connectivity index (χ3v) is 7.71. The molecule has 0 radical (unpaired) electrons. The van der Waals surface area contributed by atoms with E-state index < -0.39 is 0 Å². The minimum Gasteiger partial charge on any atom is -0.190 e. The summed E-state index contributed by atoms with van der Waals surface area (Å²) in [7, 11) is 0. The fourth-order valence-corrected chi connectivity index (χ4v) is 6.33. The molecule has 4 heterocycles. The van der Waals surface area contributed by atoms with E-state index in [-0.39, 0.29) is 18.0 Å². The highest BCUT2D eigenvalue weighted by atomic mass is 15.1. The fourth-order valence-electron chi connectivity index (χ4n) is 6.33. The maximum absolute atomic E-state index is 4.36. The van der Waals surface area contributed by atoms with Crippen molar-refractivity contribution in [2.45, 2.75) is 24.9 Å². The second-order valence-electron chi connectivity index (χ2n) is 9.53. The molecule has 0 bridgehead atoms. The molecule has 0 N–H and O–H groups in total. The van der Waals surface area contributed by atoms with Gasteiger partial charge in [-0.25, -0.2) is 0 Å². The Kier molecular flexibility index (Phi) is 4.13. The molecule has 0 saturated heterocycles. The normalized spacial score (nSPS) is 19.7. The van der Waals surface area contributed by atoms with Gasteiger partial charge in [0.2, 0.25) is 11.4 Å². The first kappa shape index (κ1) is 19.4. The largest absolute Gasteiger partial charge is 0.221 e. The molecular weight excluding hydrogens is 412 g/mol. The summed E-state index contributed by atoms with van der Waals surface area (Å²) in [6.45, 7) is 6.54. The molecule has 0 amide bonds. The number of rotatable bonds is 2. The van der Waals surface area contributed by atoms with Crippen LogP contribution in [-0.4, -0.2) is 0 Å². The third-order valence-electron chi connectivity index (χ3n) is 7.71. The van der Waals surface area contributed by atoms with Crippen LogP contribution in [0.4, 0.5) is 0 Å². The number of aromatic nitrogens is 2. The average molecular weight is 439 g/mol. The summed E-state index contributed by atoms with van der Waals surface area (Å²) in [5, 5.41) is 2.56. The van der Waals surface area contributed by atoms with Crippen molar-refractivity contribution in [3.05, 3.63) is 133 Å². The fraction of sp³-hybridized carbons (Fsp3) is 0.125. The quantitative estimate of drug-likeness (QED) is 0.220. The van der Waals surface area contributed by atoms with Crippen LogP contribution < -0.4 is 9.13 Å². The van der Waals surface area contributed by atoms with Crippen molar-refractivity contribution >= 4 is 10.8 Å². The second-order valence-corrected chi connectivity index (χ2v) is 9.53. The smallest absolute Gasteiger partial charge is 0.190 e. The van der Waals surface area contributed by atoms with Gasteiger partial charge in [-0.2, -0.15) is 9.13 Å². The van der Waals surface area contributed by atoms with Crippen LogP contribution in [0.25, 0.3) is 33.3 Å². The Balaban J connectivity index is 1.55. The highest BCUT2D eigenvalue weighted by Crippen LogP contribution is 2.50. The molecule has 2 aliphatic rings. The van der Waals surface area contributed by atoms with Gasteiger partial charge < -0.3 is 0 Å². The van der Waals surface area contributed by atoms with E-state index in [1.807, 2.05) is 0 Å². The van der Waals surface area contributed by atoms with Crippen LogP contribution in [0, 0.1) is 6.92 Å². The minimum atomic E-state index is 0.131. The van der Waals surface area contributed by atoms with Gasteiger partial charge in [0.1, 0.15) is 5.92 Å². The van der Waals surface area contributed by atoms with Crippen LogP contribution in [0.15, 0.2) is 116 Å². The Morgan fingerprint density at radius 2 is 1.47 bits per heavy atom. The molecule has 3 unspecified atom stereocenters. The topological polar surface area (TPSA) is 7.76 Å². The van der Waals surface area contributed by atoms with Gasteiger partial charge in [-0.1, -0.05) is 61.2 Å². The number of hydrogen-bond donors (Lipinski definition) is 0. The Bertz CT molecular complexity index is 1610. The summed E-state index contributed by atoms with van der Waals surface area (Å²) in [4.78, 5) is 0. The van der Waals surface area contributed by atoms with Crippen LogP contribution in [0.3, 0.4) is 0 Å². The summed E-state index contributed by atoms with van der Waals surface area (Å²) in [6, 6.07) is 33.7. The maximum Gasteiger partial charge on any atom is 0.221 e. The number of fused-ring (bicyclic) bond motifs is 8. The Morgan fingerprint density at radius 1 is 0.735 bits per heavy atom. The van der Waals surface area contributed by atoms with Gasteiger partial charge in [0.15, 0.2) is 24.5 Å². The molecule has 2 nitrogen and oxygen atoms in total. The van der Waals surface area contributed by atoms with E-state index in [0.717, 1.165) is 0 Å². The molecule has 7 rings (SSSR count). The molecule has 162 valence electrons. The molecule has 0 fully saturated rings. The van der Waals surface area contributed by atoms with E-state index in [2.05, 4.69) is 132 Å². The highest BCUT2D eigenvalue weighted by molar-refractivity contribution is 5.94. The van der Waals surface area contributed by atoms with E-state index >= 15 is 0 Å². The lowest BCUT2D eigenvalue weighted by atomic mass is 9.76. The average Bonchev–Trinajstić information content (AvgIpc) is 3.20. The molecule has 0 aliphatic carbocycles. The van der Waals surface area contributed by atoms with Crippen LogP contribution in [0.2, 0.25) is 0 Å². The van der Waals surface area contributed by atoms with Gasteiger partial charge in [0, 0.05) is 23.3 Å². The van der Waals surface area contributed by atoms with Crippen molar-refractivity contribution in [3.8, 4) is 22.5 Å². The van der Waals surface area contributed by atoms with Crippen LogP contribution >= 0.6 is 0 Å². The third kappa shape index (κ3) is 2.57. The molecule has 3 aromatic carbocycles. The van der Waals surface area contributed by atoms with Gasteiger partial charge in [0.05, 0.1) is 16.5 Å². The summed E-state index contributed by atoms with van der Waals surface area (Å²) in [5.41, 5.74) is 9.30. The molecule has 0 spiro atoms. The van der Waals surface area contributed by atoms with Gasteiger partial charge in [0.25, 0.3) is 0 Å². The Labute approximate surface area is 200 Å². The van der Waals surface area contributed by atoms with E-state index in [1.54, 1.807) is 0 Å². The predicted octanol–water partition coefficient (Wildman–Crippen LogP) is 6.48. The van der Waals surface area contributed by atoms with Crippen molar-refractivity contribution in [2.75, 3.05) is 0 Å². The van der Waals surface area contributed by atoms with E-state index in [4.69, 9.17) is 0 Å². The van der Waals surface area contributed by atoms with Gasteiger partial charge in [-0.15, -0.1) is 0 Å². The zero-order chi connectivity index (χ0) is 22.8. The summed E-state index contributed by atoms with van der Waals surface area (Å²) >= 11 is 0. The molecule has 2 aromatic heterocycles. The molecule has 3 atom stereocenters. The lowest BCUT2D eigenvalue weighted by molar-refractivity contribution is -0.738. The molecule has 5 aromatic rings. The second kappa shape index (κ2) is 7.23. The molecule has 0 saturated carbocycles. The standard InChI is InChI=1S/C32H26N2/c1-3-28-30(32-26-14-8-6-12-24(26)29-17-16-21(2)20-34(29)32)25-13-7-9-15-27(25)31-23-11-5-4-10-22(23)18-19-33(28)31/h3-20,28,30,32H,1H2,2H3/q+2. The van der Waals surface area contributed by atoms with Crippen molar-refractivity contribution < 1.29 is 9.13 Å². The molecule has 2 heteroatoms. The number of nitrogens with zero attached hydrogens (tertiary/aromatic N) is 2. The van der Waals surface area contributed by atoms with Crippen LogP contribution in [-0.2, 0) is 0 Å². The summed E-state index contributed by atoms with van der Waals surface area (Å²) in [5.74, 6) is 0.224. The molecule has 2 aliphatic heterocycles. The summed E-state index contributed by atoms with van der Waals surface area (Å²) in [6.07, 6.45) is 6.73. The van der Waals surface area contributed by atoms with Crippen molar-refractivity contribution in [1.29, 1.82) is 0 Å². The lowest BCUT2D eigenvalue weighted by Gasteiger charge is -2.31.